The highest BCUT2D eigenvalue weighted by Crippen LogP contribution is 2.22. The fourth-order valence-electron chi connectivity index (χ4n) is 4.15. The van der Waals surface area contributed by atoms with Crippen molar-refractivity contribution in [2.24, 2.45) is 0 Å². The van der Waals surface area contributed by atoms with Crippen molar-refractivity contribution in [2.75, 3.05) is 58.9 Å². The standard InChI is InChI=1S/C21H34N4O3S.C2HF3O2/c1-18-6-7-20(19(2)16-18)29(27,28)25(13-5-12-23-10-3-4-11-23)17-21(26)24-14-8-22-9-15-24;3-2(4,5)1(6)7/h6-7,16,22H,3-5,8-15,17H2,1-2H3;(H,6,7). The molecule has 2 heterocycles. The van der Waals surface area contributed by atoms with E-state index in [1.165, 1.54) is 17.1 Å². The predicted octanol–water partition coefficient (Wildman–Crippen LogP) is 1.85. The molecule has 0 radical (unpaired) electrons. The lowest BCUT2D eigenvalue weighted by molar-refractivity contribution is -0.192. The minimum atomic E-state index is -5.08. The number of carboxylic acid groups (broad SMARTS) is 1. The number of halogens is 3. The minimum Gasteiger partial charge on any atom is -0.475 e. The largest absolute Gasteiger partial charge is 0.490 e. The first kappa shape index (κ1) is 30.0. The van der Waals surface area contributed by atoms with Crippen LogP contribution in [-0.2, 0) is 19.6 Å². The van der Waals surface area contributed by atoms with E-state index in [1.807, 2.05) is 26.0 Å². The molecule has 0 aliphatic carbocycles. The molecule has 0 unspecified atom stereocenters. The normalized spacial score (nSPS) is 17.1. The molecule has 204 valence electrons. The van der Waals surface area contributed by atoms with Gasteiger partial charge in [-0.25, -0.2) is 13.2 Å². The van der Waals surface area contributed by atoms with Crippen LogP contribution < -0.4 is 5.32 Å². The van der Waals surface area contributed by atoms with Crippen LogP contribution in [-0.4, -0.2) is 105 Å². The summed E-state index contributed by atoms with van der Waals surface area (Å²) in [6, 6.07) is 5.37. The van der Waals surface area contributed by atoms with Crippen LogP contribution in [0.2, 0.25) is 0 Å². The number of aryl methyl sites for hydroxylation is 2. The number of nitrogens with zero attached hydrogens (tertiary/aromatic N) is 3. The maximum atomic E-state index is 13.4. The molecule has 0 aromatic heterocycles. The van der Waals surface area contributed by atoms with E-state index < -0.39 is 22.2 Å². The molecule has 13 heteroatoms. The Morgan fingerprint density at radius 3 is 2.19 bits per heavy atom. The van der Waals surface area contributed by atoms with Gasteiger partial charge in [-0.1, -0.05) is 17.7 Å². The third-order valence-corrected chi connectivity index (χ3v) is 8.06. The topological polar surface area (TPSA) is 110 Å². The number of piperazine rings is 1. The van der Waals surface area contributed by atoms with Gasteiger partial charge in [0.1, 0.15) is 0 Å². The van der Waals surface area contributed by atoms with Crippen molar-refractivity contribution >= 4 is 21.9 Å². The van der Waals surface area contributed by atoms with Gasteiger partial charge in [0.05, 0.1) is 11.4 Å². The van der Waals surface area contributed by atoms with E-state index in [-0.39, 0.29) is 12.5 Å². The highest BCUT2D eigenvalue weighted by atomic mass is 32.2. The molecule has 3 rings (SSSR count). The molecule has 2 N–H and O–H groups in total. The molecule has 1 aromatic carbocycles. The first-order valence-electron chi connectivity index (χ1n) is 11.9. The zero-order valence-electron chi connectivity index (χ0n) is 20.7. The maximum Gasteiger partial charge on any atom is 0.490 e. The van der Waals surface area contributed by atoms with E-state index in [0.29, 0.717) is 24.5 Å². The summed E-state index contributed by atoms with van der Waals surface area (Å²) in [6.45, 7) is 9.86. The molecule has 2 aliphatic rings. The van der Waals surface area contributed by atoms with Gasteiger partial charge in [0.2, 0.25) is 15.9 Å². The highest BCUT2D eigenvalue weighted by molar-refractivity contribution is 7.89. The number of hydrogen-bond donors (Lipinski definition) is 2. The number of nitrogens with one attached hydrogen (secondary N) is 1. The Labute approximate surface area is 210 Å². The van der Waals surface area contributed by atoms with E-state index in [2.05, 4.69) is 10.2 Å². The first-order valence-corrected chi connectivity index (χ1v) is 13.3. The summed E-state index contributed by atoms with van der Waals surface area (Å²) in [5.41, 5.74) is 1.75. The van der Waals surface area contributed by atoms with Gasteiger partial charge in [-0.15, -0.1) is 0 Å². The fraction of sp³-hybridized carbons (Fsp3) is 0.652. The molecule has 9 nitrogen and oxygen atoms in total. The number of alkyl halides is 3. The number of hydrogen-bond acceptors (Lipinski definition) is 6. The summed E-state index contributed by atoms with van der Waals surface area (Å²) in [6.07, 6.45) is -1.92. The van der Waals surface area contributed by atoms with E-state index in [4.69, 9.17) is 9.90 Å². The lowest BCUT2D eigenvalue weighted by Gasteiger charge is -2.30. The van der Waals surface area contributed by atoms with Crippen molar-refractivity contribution in [1.82, 2.24) is 19.4 Å². The third-order valence-electron chi connectivity index (χ3n) is 6.05. The van der Waals surface area contributed by atoms with E-state index in [1.54, 1.807) is 11.0 Å². The van der Waals surface area contributed by atoms with Crippen LogP contribution in [0.4, 0.5) is 13.2 Å². The molecule has 0 saturated carbocycles. The van der Waals surface area contributed by atoms with Gasteiger partial charge in [-0.3, -0.25) is 4.79 Å². The average Bonchev–Trinajstić information content (AvgIpc) is 3.32. The van der Waals surface area contributed by atoms with Crippen LogP contribution in [0.5, 0.6) is 0 Å². The number of carbonyl (C=O) groups excluding carboxylic acids is 1. The van der Waals surface area contributed by atoms with Crippen LogP contribution in [0.1, 0.15) is 30.4 Å². The molecular weight excluding hydrogens is 501 g/mol. The molecule has 36 heavy (non-hydrogen) atoms. The van der Waals surface area contributed by atoms with Gasteiger partial charge in [0.25, 0.3) is 0 Å². The SMILES string of the molecule is Cc1ccc(S(=O)(=O)N(CCCN2CCCC2)CC(=O)N2CCNCC2)c(C)c1.O=C(O)C(F)(F)F. The van der Waals surface area contributed by atoms with Crippen LogP contribution >= 0.6 is 0 Å². The summed E-state index contributed by atoms with van der Waals surface area (Å²) < 4.78 is 60.0. The van der Waals surface area contributed by atoms with Crippen LogP contribution in [0.25, 0.3) is 0 Å². The molecule has 1 aromatic rings. The molecule has 0 spiro atoms. The fourth-order valence-corrected chi connectivity index (χ4v) is 5.79. The molecule has 0 atom stereocenters. The minimum absolute atomic E-state index is 0.0876. The zero-order valence-corrected chi connectivity index (χ0v) is 21.5. The van der Waals surface area contributed by atoms with Crippen molar-refractivity contribution in [3.8, 4) is 0 Å². The summed E-state index contributed by atoms with van der Waals surface area (Å²) in [5, 5.41) is 10.4. The summed E-state index contributed by atoms with van der Waals surface area (Å²) in [5.74, 6) is -2.87. The van der Waals surface area contributed by atoms with Gasteiger partial charge < -0.3 is 20.2 Å². The summed E-state index contributed by atoms with van der Waals surface area (Å²) >= 11 is 0. The smallest absolute Gasteiger partial charge is 0.475 e. The monoisotopic (exact) mass is 536 g/mol. The van der Waals surface area contributed by atoms with E-state index in [0.717, 1.165) is 50.3 Å². The molecular formula is C23H35F3N4O5S. The highest BCUT2D eigenvalue weighted by Gasteiger charge is 2.38. The number of likely N-dealkylation sites (tertiary alicyclic amines) is 1. The Bertz CT molecular complexity index is 992. The van der Waals surface area contributed by atoms with Crippen LogP contribution in [0.15, 0.2) is 23.1 Å². The molecule has 2 fully saturated rings. The number of carboxylic acids is 1. The van der Waals surface area contributed by atoms with Crippen LogP contribution in [0, 0.1) is 13.8 Å². The Balaban J connectivity index is 0.000000572. The Morgan fingerprint density at radius 1 is 1.08 bits per heavy atom. The van der Waals surface area contributed by atoms with Gasteiger partial charge in [-0.2, -0.15) is 17.5 Å². The number of amides is 1. The van der Waals surface area contributed by atoms with Crippen molar-refractivity contribution in [3.63, 3.8) is 0 Å². The summed E-state index contributed by atoms with van der Waals surface area (Å²) in [7, 11) is -3.73. The number of aliphatic carboxylic acids is 1. The van der Waals surface area contributed by atoms with Crippen LogP contribution in [0.3, 0.4) is 0 Å². The number of rotatable bonds is 8. The van der Waals surface area contributed by atoms with Gasteiger partial charge in [0, 0.05) is 32.7 Å². The molecule has 0 bridgehead atoms. The lowest BCUT2D eigenvalue weighted by atomic mass is 10.2. The van der Waals surface area contributed by atoms with Crippen molar-refractivity contribution in [1.29, 1.82) is 0 Å². The molecule has 1 amide bonds. The lowest BCUT2D eigenvalue weighted by Crippen LogP contribution is -2.50. The van der Waals surface area contributed by atoms with Gasteiger partial charge >= 0.3 is 12.1 Å². The zero-order chi connectivity index (χ0) is 26.9. The summed E-state index contributed by atoms with van der Waals surface area (Å²) in [4.78, 5) is 26.2. The number of sulfonamides is 1. The Hall–Kier alpha value is -2.22. The van der Waals surface area contributed by atoms with Crippen molar-refractivity contribution in [3.05, 3.63) is 29.3 Å². The van der Waals surface area contributed by atoms with E-state index >= 15 is 0 Å². The van der Waals surface area contributed by atoms with E-state index in [9.17, 15) is 26.4 Å². The van der Waals surface area contributed by atoms with Gasteiger partial charge in [0.15, 0.2) is 0 Å². The average molecular weight is 537 g/mol. The van der Waals surface area contributed by atoms with Gasteiger partial charge in [-0.05, 0) is 64.4 Å². The van der Waals surface area contributed by atoms with Crippen molar-refractivity contribution < 1.29 is 36.3 Å². The molecule has 2 saturated heterocycles. The second kappa shape index (κ2) is 13.4. The van der Waals surface area contributed by atoms with Crippen molar-refractivity contribution in [2.45, 2.75) is 44.2 Å². The number of benzene rings is 1. The predicted molar refractivity (Wildman–Crippen MR) is 128 cm³/mol. The third kappa shape index (κ3) is 9.02. The second-order valence-electron chi connectivity index (χ2n) is 8.94. The maximum absolute atomic E-state index is 13.4. The first-order chi connectivity index (χ1) is 16.8. The number of carbonyl (C=O) groups is 2. The Morgan fingerprint density at radius 2 is 1.67 bits per heavy atom. The second-order valence-corrected chi connectivity index (χ2v) is 10.8. The molecule has 2 aliphatic heterocycles. The quantitative estimate of drug-likeness (QED) is 0.522. The Kier molecular flexibility index (Phi) is 11.1.